The molecule has 0 saturated heterocycles. The van der Waals surface area contributed by atoms with E-state index in [0.717, 1.165) is 11.4 Å². The van der Waals surface area contributed by atoms with Crippen molar-refractivity contribution in [2.24, 2.45) is 0 Å². The monoisotopic (exact) mass is 300 g/mol. The fraction of sp³-hybridized carbons (Fsp3) is 0.200. The van der Waals surface area contributed by atoms with Gasteiger partial charge in [0.2, 0.25) is 5.95 Å². The van der Waals surface area contributed by atoms with Crippen LogP contribution in [0.3, 0.4) is 0 Å². The Morgan fingerprint density at radius 3 is 2.09 bits per heavy atom. The molecule has 1 aromatic heterocycles. The van der Waals surface area contributed by atoms with Crippen LogP contribution in [-0.4, -0.2) is 29.0 Å². The number of aromatic nitrogens is 2. The molecule has 0 saturated carbocycles. The summed E-state index contributed by atoms with van der Waals surface area (Å²) in [6.45, 7) is 3.68. The SMILES string of the molecule is COC(=O)c1ccc(C(=O)NNc2nc(C)cc(C)n2)cc1. The molecule has 0 fully saturated rings. The van der Waals surface area contributed by atoms with Gasteiger partial charge in [0.05, 0.1) is 12.7 Å². The normalized spacial score (nSPS) is 9.95. The summed E-state index contributed by atoms with van der Waals surface area (Å²) in [7, 11) is 1.30. The third kappa shape index (κ3) is 3.78. The lowest BCUT2D eigenvalue weighted by Crippen LogP contribution is -2.30. The highest BCUT2D eigenvalue weighted by Gasteiger charge is 2.09. The number of rotatable bonds is 4. The molecule has 1 aromatic carbocycles. The zero-order valence-electron chi connectivity index (χ0n) is 12.5. The number of nitrogens with one attached hydrogen (secondary N) is 2. The van der Waals surface area contributed by atoms with Crippen LogP contribution in [0.2, 0.25) is 0 Å². The summed E-state index contributed by atoms with van der Waals surface area (Å²) < 4.78 is 4.60. The van der Waals surface area contributed by atoms with Gasteiger partial charge in [-0.15, -0.1) is 0 Å². The molecule has 1 amide bonds. The highest BCUT2D eigenvalue weighted by Crippen LogP contribution is 2.06. The van der Waals surface area contributed by atoms with Gasteiger partial charge in [0, 0.05) is 17.0 Å². The van der Waals surface area contributed by atoms with Crippen LogP contribution in [0.1, 0.15) is 32.1 Å². The first-order valence-corrected chi connectivity index (χ1v) is 6.56. The Balaban J connectivity index is 2.01. The molecular formula is C15H16N4O3. The van der Waals surface area contributed by atoms with Gasteiger partial charge in [-0.05, 0) is 44.2 Å². The minimum atomic E-state index is -0.450. The molecule has 114 valence electrons. The number of nitrogens with zero attached hydrogens (tertiary/aromatic N) is 2. The fourth-order valence-electron chi connectivity index (χ4n) is 1.84. The summed E-state index contributed by atoms with van der Waals surface area (Å²) in [6, 6.07) is 7.94. The van der Waals surface area contributed by atoms with Crippen molar-refractivity contribution >= 4 is 17.8 Å². The van der Waals surface area contributed by atoms with Crippen molar-refractivity contribution in [3.63, 3.8) is 0 Å². The van der Waals surface area contributed by atoms with Crippen molar-refractivity contribution < 1.29 is 14.3 Å². The van der Waals surface area contributed by atoms with Gasteiger partial charge >= 0.3 is 5.97 Å². The highest BCUT2D eigenvalue weighted by atomic mass is 16.5. The van der Waals surface area contributed by atoms with Crippen LogP contribution in [-0.2, 0) is 4.74 Å². The second-order valence-electron chi connectivity index (χ2n) is 4.62. The maximum absolute atomic E-state index is 12.0. The van der Waals surface area contributed by atoms with Crippen LogP contribution in [0.5, 0.6) is 0 Å². The molecule has 0 aliphatic carbocycles. The molecule has 0 aliphatic heterocycles. The van der Waals surface area contributed by atoms with Crippen LogP contribution >= 0.6 is 0 Å². The summed E-state index contributed by atoms with van der Waals surface area (Å²) in [5.41, 5.74) is 7.53. The van der Waals surface area contributed by atoms with Gasteiger partial charge in [-0.1, -0.05) is 0 Å². The zero-order chi connectivity index (χ0) is 16.1. The predicted molar refractivity (Wildman–Crippen MR) is 80.4 cm³/mol. The molecule has 0 bridgehead atoms. The molecule has 0 spiro atoms. The third-order valence-electron chi connectivity index (χ3n) is 2.84. The van der Waals surface area contributed by atoms with Gasteiger partial charge in [-0.25, -0.2) is 14.8 Å². The lowest BCUT2D eigenvalue weighted by Gasteiger charge is -2.08. The maximum atomic E-state index is 12.0. The second kappa shape index (κ2) is 6.66. The predicted octanol–water partition coefficient (Wildman–Crippen LogP) is 1.64. The molecule has 0 radical (unpaired) electrons. The van der Waals surface area contributed by atoms with E-state index in [1.807, 2.05) is 19.9 Å². The first-order valence-electron chi connectivity index (χ1n) is 6.56. The number of amides is 1. The van der Waals surface area contributed by atoms with Crippen molar-refractivity contribution in [3.8, 4) is 0 Å². The molecule has 2 aromatic rings. The maximum Gasteiger partial charge on any atom is 0.337 e. The lowest BCUT2D eigenvalue weighted by atomic mass is 10.1. The first kappa shape index (κ1) is 15.4. The molecule has 0 atom stereocenters. The molecule has 0 aliphatic rings. The minimum Gasteiger partial charge on any atom is -0.465 e. The van der Waals surface area contributed by atoms with E-state index < -0.39 is 5.97 Å². The first-order chi connectivity index (χ1) is 10.5. The van der Waals surface area contributed by atoms with Crippen LogP contribution in [0.4, 0.5) is 5.95 Å². The van der Waals surface area contributed by atoms with E-state index in [2.05, 4.69) is 25.6 Å². The molecule has 22 heavy (non-hydrogen) atoms. The molecular weight excluding hydrogens is 284 g/mol. The van der Waals surface area contributed by atoms with E-state index in [4.69, 9.17) is 0 Å². The average Bonchev–Trinajstić information content (AvgIpc) is 2.51. The smallest absolute Gasteiger partial charge is 0.337 e. The Labute approximate surface area is 127 Å². The topological polar surface area (TPSA) is 93.2 Å². The molecule has 7 nitrogen and oxygen atoms in total. The van der Waals surface area contributed by atoms with Gasteiger partial charge in [-0.2, -0.15) is 0 Å². The van der Waals surface area contributed by atoms with Crippen LogP contribution in [0.25, 0.3) is 0 Å². The van der Waals surface area contributed by atoms with E-state index >= 15 is 0 Å². The second-order valence-corrected chi connectivity index (χ2v) is 4.62. The largest absolute Gasteiger partial charge is 0.465 e. The molecule has 0 unspecified atom stereocenters. The summed E-state index contributed by atoms with van der Waals surface area (Å²) in [5.74, 6) is -0.495. The van der Waals surface area contributed by atoms with E-state index in [9.17, 15) is 9.59 Å². The number of esters is 1. The van der Waals surface area contributed by atoms with Gasteiger partial charge in [0.15, 0.2) is 0 Å². The number of anilines is 1. The average molecular weight is 300 g/mol. The van der Waals surface area contributed by atoms with E-state index in [1.165, 1.54) is 31.4 Å². The Morgan fingerprint density at radius 2 is 1.55 bits per heavy atom. The Hall–Kier alpha value is -2.96. The molecule has 2 rings (SSSR count). The number of hydrazine groups is 1. The standard InChI is InChI=1S/C15H16N4O3/c1-9-8-10(2)17-15(16-9)19-18-13(20)11-4-6-12(7-5-11)14(21)22-3/h4-8H,1-3H3,(H,18,20)(H,16,17,19). The number of benzene rings is 1. The van der Waals surface area contributed by atoms with Crippen molar-refractivity contribution in [2.75, 3.05) is 12.5 Å². The van der Waals surface area contributed by atoms with Crippen molar-refractivity contribution in [1.29, 1.82) is 0 Å². The number of methoxy groups -OCH3 is 1. The van der Waals surface area contributed by atoms with Crippen molar-refractivity contribution in [2.45, 2.75) is 13.8 Å². The van der Waals surface area contributed by atoms with E-state index in [0.29, 0.717) is 17.1 Å². The minimum absolute atomic E-state index is 0.317. The fourth-order valence-corrected chi connectivity index (χ4v) is 1.84. The van der Waals surface area contributed by atoms with Crippen LogP contribution < -0.4 is 10.9 Å². The number of hydrogen-bond donors (Lipinski definition) is 2. The number of aryl methyl sites for hydroxylation is 2. The van der Waals surface area contributed by atoms with E-state index in [1.54, 1.807) is 0 Å². The summed E-state index contributed by atoms with van der Waals surface area (Å²) in [6.07, 6.45) is 0. The van der Waals surface area contributed by atoms with Crippen molar-refractivity contribution in [1.82, 2.24) is 15.4 Å². The van der Waals surface area contributed by atoms with Gasteiger partial charge in [0.1, 0.15) is 0 Å². The van der Waals surface area contributed by atoms with Crippen molar-refractivity contribution in [3.05, 3.63) is 52.8 Å². The third-order valence-corrected chi connectivity index (χ3v) is 2.84. The lowest BCUT2D eigenvalue weighted by molar-refractivity contribution is 0.0600. The highest BCUT2D eigenvalue weighted by molar-refractivity contribution is 5.96. The Kier molecular flexibility index (Phi) is 4.67. The van der Waals surface area contributed by atoms with Crippen LogP contribution in [0.15, 0.2) is 30.3 Å². The summed E-state index contributed by atoms with van der Waals surface area (Å²) in [5, 5.41) is 0. The van der Waals surface area contributed by atoms with Gasteiger partial charge in [-0.3, -0.25) is 15.6 Å². The van der Waals surface area contributed by atoms with Gasteiger partial charge in [0.25, 0.3) is 5.91 Å². The number of hydrogen-bond acceptors (Lipinski definition) is 6. The number of carbonyl (C=O) groups is 2. The number of ether oxygens (including phenoxy) is 1. The molecule has 7 heteroatoms. The Bertz CT molecular complexity index is 678. The van der Waals surface area contributed by atoms with E-state index in [-0.39, 0.29) is 5.91 Å². The summed E-state index contributed by atoms with van der Waals surface area (Å²) >= 11 is 0. The zero-order valence-corrected chi connectivity index (χ0v) is 12.5. The molecule has 2 N–H and O–H groups in total. The Morgan fingerprint density at radius 1 is 1.00 bits per heavy atom. The summed E-state index contributed by atoms with van der Waals surface area (Å²) in [4.78, 5) is 31.6. The quantitative estimate of drug-likeness (QED) is 0.658. The molecule has 1 heterocycles. The van der Waals surface area contributed by atoms with Crippen LogP contribution in [0, 0.1) is 13.8 Å². The number of carbonyl (C=O) groups excluding carboxylic acids is 2. The van der Waals surface area contributed by atoms with Gasteiger partial charge < -0.3 is 4.74 Å².